The first kappa shape index (κ1) is 23.9. The molecule has 33 heavy (non-hydrogen) atoms. The van der Waals surface area contributed by atoms with Crippen LogP contribution in [0.25, 0.3) is 11.4 Å². The van der Waals surface area contributed by atoms with Gasteiger partial charge in [0.25, 0.3) is 5.69 Å². The Morgan fingerprint density at radius 3 is 2.64 bits per heavy atom. The minimum atomic E-state index is -0.900. The molecule has 12 heteroatoms. The molecule has 172 valence electrons. The van der Waals surface area contributed by atoms with Gasteiger partial charge >= 0.3 is 5.97 Å². The summed E-state index contributed by atoms with van der Waals surface area (Å²) in [5.74, 6) is -0.442. The highest BCUT2D eigenvalue weighted by atomic mass is 32.2. The fraction of sp³-hybridized carbons (Fsp3) is 0.286. The Labute approximate surface area is 193 Å². The lowest BCUT2D eigenvalue weighted by atomic mass is 10.2. The molecule has 0 bridgehead atoms. The summed E-state index contributed by atoms with van der Waals surface area (Å²) in [7, 11) is 0. The molecule has 0 aliphatic heterocycles. The third-order valence-corrected chi connectivity index (χ3v) is 5.67. The molecule has 11 nitrogen and oxygen atoms in total. The third-order valence-electron chi connectivity index (χ3n) is 4.49. The number of nitrogens with zero attached hydrogens (tertiary/aromatic N) is 5. The maximum absolute atomic E-state index is 13.0. The van der Waals surface area contributed by atoms with Gasteiger partial charge in [0.05, 0.1) is 18.0 Å². The van der Waals surface area contributed by atoms with Crippen molar-refractivity contribution in [3.8, 4) is 11.4 Å². The van der Waals surface area contributed by atoms with Crippen LogP contribution in [0.5, 0.6) is 0 Å². The second-order valence-corrected chi connectivity index (χ2v) is 7.87. The molecule has 0 aliphatic carbocycles. The average Bonchev–Trinajstić information content (AvgIpc) is 3.22. The predicted octanol–water partition coefficient (Wildman–Crippen LogP) is 3.32. The van der Waals surface area contributed by atoms with Gasteiger partial charge in [-0.3, -0.25) is 24.7 Å². The molecule has 1 aromatic carbocycles. The van der Waals surface area contributed by atoms with Crippen LogP contribution in [-0.4, -0.2) is 48.4 Å². The van der Waals surface area contributed by atoms with Crippen LogP contribution in [0.15, 0.2) is 53.9 Å². The highest BCUT2D eigenvalue weighted by molar-refractivity contribution is 8.00. The summed E-state index contributed by atoms with van der Waals surface area (Å²) in [5.41, 5.74) is 0.905. The molecule has 0 fully saturated rings. The summed E-state index contributed by atoms with van der Waals surface area (Å²) in [6.07, 6.45) is 3.08. The van der Waals surface area contributed by atoms with Gasteiger partial charge in [-0.25, -0.2) is 0 Å². The van der Waals surface area contributed by atoms with E-state index >= 15 is 0 Å². The topological polar surface area (TPSA) is 142 Å². The van der Waals surface area contributed by atoms with Crippen molar-refractivity contribution >= 4 is 35.0 Å². The van der Waals surface area contributed by atoms with Crippen LogP contribution >= 0.6 is 11.8 Å². The largest absolute Gasteiger partial charge is 0.466 e. The van der Waals surface area contributed by atoms with Crippen molar-refractivity contribution in [1.82, 2.24) is 19.7 Å². The van der Waals surface area contributed by atoms with Crippen LogP contribution in [0, 0.1) is 10.1 Å². The lowest BCUT2D eigenvalue weighted by Gasteiger charge is -2.16. The smallest absolute Gasteiger partial charge is 0.307 e. The molecule has 1 atom stereocenters. The van der Waals surface area contributed by atoms with Gasteiger partial charge in [0.15, 0.2) is 11.0 Å². The van der Waals surface area contributed by atoms with Crippen molar-refractivity contribution in [1.29, 1.82) is 0 Å². The molecule has 0 saturated carbocycles. The molecule has 2 heterocycles. The van der Waals surface area contributed by atoms with Crippen molar-refractivity contribution in [2.45, 2.75) is 37.2 Å². The number of anilines is 1. The zero-order valence-electron chi connectivity index (χ0n) is 18.0. The van der Waals surface area contributed by atoms with Gasteiger partial charge in [-0.15, -0.1) is 10.2 Å². The summed E-state index contributed by atoms with van der Waals surface area (Å²) in [4.78, 5) is 39.7. The number of nitro groups is 1. The van der Waals surface area contributed by atoms with E-state index in [0.29, 0.717) is 17.5 Å². The van der Waals surface area contributed by atoms with E-state index < -0.39 is 22.0 Å². The standard InChI is InChI=1S/C21H22N6O5S/c1-3-26-19(14-8-10-22-11-9-14)24-25-21(26)33-17(13-18(28)32-4-2)20(29)23-15-6-5-7-16(12-15)27(30)31/h5-12,17H,3-4,13H2,1-2H3,(H,23,29). The normalized spacial score (nSPS) is 11.6. The van der Waals surface area contributed by atoms with Crippen molar-refractivity contribution in [2.75, 3.05) is 11.9 Å². The molecule has 1 unspecified atom stereocenters. The van der Waals surface area contributed by atoms with E-state index in [-0.39, 0.29) is 24.4 Å². The van der Waals surface area contributed by atoms with Gasteiger partial charge in [-0.1, -0.05) is 17.8 Å². The fourth-order valence-corrected chi connectivity index (χ4v) is 4.05. The lowest BCUT2D eigenvalue weighted by molar-refractivity contribution is -0.384. The predicted molar refractivity (Wildman–Crippen MR) is 122 cm³/mol. The van der Waals surface area contributed by atoms with Gasteiger partial charge in [0.2, 0.25) is 5.91 Å². The van der Waals surface area contributed by atoms with Crippen molar-refractivity contribution in [2.24, 2.45) is 0 Å². The summed E-state index contributed by atoms with van der Waals surface area (Å²) in [6, 6.07) is 9.18. The van der Waals surface area contributed by atoms with Crippen molar-refractivity contribution in [3.63, 3.8) is 0 Å². The number of nitrogens with one attached hydrogen (secondary N) is 1. The summed E-state index contributed by atoms with van der Waals surface area (Å²) < 4.78 is 6.85. The molecule has 2 aromatic heterocycles. The highest BCUT2D eigenvalue weighted by Crippen LogP contribution is 2.29. The van der Waals surface area contributed by atoms with Crippen LogP contribution < -0.4 is 5.32 Å². The number of rotatable bonds is 10. The zero-order chi connectivity index (χ0) is 23.8. The molecule has 1 N–H and O–H groups in total. The van der Waals surface area contributed by atoms with Crippen LogP contribution in [0.4, 0.5) is 11.4 Å². The number of carbonyl (C=O) groups is 2. The third kappa shape index (κ3) is 6.13. The molecule has 3 aromatic rings. The molecule has 0 spiro atoms. The van der Waals surface area contributed by atoms with E-state index in [9.17, 15) is 19.7 Å². The average molecular weight is 471 g/mol. The number of ether oxygens (including phenoxy) is 1. The second-order valence-electron chi connectivity index (χ2n) is 6.70. The maximum atomic E-state index is 13.0. The highest BCUT2D eigenvalue weighted by Gasteiger charge is 2.27. The van der Waals surface area contributed by atoms with Crippen LogP contribution in [0.3, 0.4) is 0 Å². The number of hydrogen-bond donors (Lipinski definition) is 1. The van der Waals surface area contributed by atoms with Crippen LogP contribution in [0.1, 0.15) is 20.3 Å². The first-order valence-corrected chi connectivity index (χ1v) is 11.0. The number of nitro benzene ring substituents is 1. The van der Waals surface area contributed by atoms with Gasteiger partial charge in [-0.05, 0) is 32.0 Å². The van der Waals surface area contributed by atoms with Gasteiger partial charge in [0.1, 0.15) is 5.25 Å². The Balaban J connectivity index is 1.86. The molecular formula is C21H22N6O5S. The summed E-state index contributed by atoms with van der Waals surface area (Å²) >= 11 is 1.07. The van der Waals surface area contributed by atoms with Crippen LogP contribution in [0.2, 0.25) is 0 Å². The first-order chi connectivity index (χ1) is 15.9. The van der Waals surface area contributed by atoms with E-state index in [4.69, 9.17) is 4.74 Å². The Bertz CT molecular complexity index is 1140. The number of benzene rings is 1. The minimum Gasteiger partial charge on any atom is -0.466 e. The van der Waals surface area contributed by atoms with E-state index in [1.165, 1.54) is 24.3 Å². The molecule has 1 amide bonds. The molecule has 0 radical (unpaired) electrons. The maximum Gasteiger partial charge on any atom is 0.307 e. The number of carbonyl (C=O) groups excluding carboxylic acids is 2. The SMILES string of the molecule is CCOC(=O)CC(Sc1nnc(-c2ccncc2)n1CC)C(=O)Nc1cccc([N+](=O)[O-])c1. The zero-order valence-corrected chi connectivity index (χ0v) is 18.8. The number of non-ortho nitro benzene ring substituents is 1. The van der Waals surface area contributed by atoms with E-state index in [1.807, 2.05) is 11.5 Å². The number of aromatic nitrogens is 4. The molecule has 3 rings (SSSR count). The van der Waals surface area contributed by atoms with E-state index in [0.717, 1.165) is 17.3 Å². The van der Waals surface area contributed by atoms with Gasteiger partial charge < -0.3 is 14.6 Å². The monoisotopic (exact) mass is 470 g/mol. The second kappa shape index (κ2) is 11.2. The number of thioether (sulfide) groups is 1. The summed E-state index contributed by atoms with van der Waals surface area (Å²) in [6.45, 7) is 4.31. The molecular weight excluding hydrogens is 448 g/mol. The summed E-state index contributed by atoms with van der Waals surface area (Å²) in [5, 5.41) is 21.7. The van der Waals surface area contributed by atoms with Gasteiger partial charge in [-0.2, -0.15) is 0 Å². The van der Waals surface area contributed by atoms with Crippen molar-refractivity contribution in [3.05, 3.63) is 58.9 Å². The van der Waals surface area contributed by atoms with E-state index in [2.05, 4.69) is 20.5 Å². The lowest BCUT2D eigenvalue weighted by Crippen LogP contribution is -2.28. The Morgan fingerprint density at radius 1 is 1.21 bits per heavy atom. The number of amides is 1. The first-order valence-electron chi connectivity index (χ1n) is 10.1. The Kier molecular flexibility index (Phi) is 8.08. The molecule has 0 saturated heterocycles. The Morgan fingerprint density at radius 2 is 1.97 bits per heavy atom. The fourth-order valence-electron chi connectivity index (χ4n) is 2.98. The van der Waals surface area contributed by atoms with Crippen LogP contribution in [-0.2, 0) is 20.9 Å². The minimum absolute atomic E-state index is 0.157. The number of pyridine rings is 1. The number of hydrogen-bond acceptors (Lipinski definition) is 9. The molecule has 0 aliphatic rings. The van der Waals surface area contributed by atoms with Crippen molar-refractivity contribution < 1.29 is 19.2 Å². The van der Waals surface area contributed by atoms with E-state index in [1.54, 1.807) is 31.5 Å². The number of esters is 1. The quantitative estimate of drug-likeness (QED) is 0.204. The van der Waals surface area contributed by atoms with Gasteiger partial charge in [0, 0.05) is 42.3 Å². The Hall–Kier alpha value is -3.80.